The molecule has 0 atom stereocenters. The maximum atomic E-state index is 12.4. The summed E-state index contributed by atoms with van der Waals surface area (Å²) in [5, 5.41) is 6.91. The zero-order chi connectivity index (χ0) is 17.1. The van der Waals surface area contributed by atoms with Crippen LogP contribution in [0.5, 0.6) is 5.88 Å². The van der Waals surface area contributed by atoms with E-state index >= 15 is 0 Å². The van der Waals surface area contributed by atoms with E-state index in [1.807, 2.05) is 0 Å². The Kier molecular flexibility index (Phi) is 4.41. The summed E-state index contributed by atoms with van der Waals surface area (Å²) in [5.41, 5.74) is 2.41. The van der Waals surface area contributed by atoms with Gasteiger partial charge in [0.1, 0.15) is 0 Å². The average Bonchev–Trinajstić information content (AvgIpc) is 3.00. The molecule has 0 saturated heterocycles. The molecule has 7 nitrogen and oxygen atoms in total. The van der Waals surface area contributed by atoms with Crippen molar-refractivity contribution < 1.29 is 9.53 Å². The Bertz CT molecular complexity index is 855. The number of nitrogens with one attached hydrogen (secondary N) is 1. The number of pyridine rings is 1. The van der Waals surface area contributed by atoms with Crippen LogP contribution in [-0.4, -0.2) is 32.1 Å². The first-order valence-corrected chi connectivity index (χ1v) is 7.74. The smallest absolute Gasteiger partial charge is 0.259 e. The number of carbonyl (C=O) groups is 1. The monoisotopic (exact) mass is 325 g/mol. The number of amides is 1. The number of hydrogen-bond donors (Lipinski definition) is 1. The van der Waals surface area contributed by atoms with Gasteiger partial charge in [-0.3, -0.25) is 4.79 Å². The molecule has 3 heterocycles. The highest BCUT2D eigenvalue weighted by Crippen LogP contribution is 2.15. The van der Waals surface area contributed by atoms with Crippen molar-refractivity contribution in [1.29, 1.82) is 0 Å². The molecule has 0 aliphatic heterocycles. The van der Waals surface area contributed by atoms with Crippen LogP contribution in [0.15, 0.2) is 36.8 Å². The molecule has 0 spiro atoms. The fraction of sp³-hybridized carbons (Fsp3) is 0.294. The van der Waals surface area contributed by atoms with Gasteiger partial charge in [0.2, 0.25) is 5.88 Å². The van der Waals surface area contributed by atoms with Crippen LogP contribution in [0.2, 0.25) is 0 Å². The van der Waals surface area contributed by atoms with Crippen LogP contribution in [0, 0.1) is 12.8 Å². The maximum Gasteiger partial charge on any atom is 0.259 e. The summed E-state index contributed by atoms with van der Waals surface area (Å²) in [6, 6.07) is 5.28. The van der Waals surface area contributed by atoms with Gasteiger partial charge in [-0.2, -0.15) is 5.10 Å². The number of nitrogens with zero attached hydrogens (tertiary/aromatic N) is 4. The van der Waals surface area contributed by atoms with Gasteiger partial charge in [-0.15, -0.1) is 0 Å². The topological polar surface area (TPSA) is 81.4 Å². The fourth-order valence-corrected chi connectivity index (χ4v) is 2.16. The molecule has 0 aromatic carbocycles. The number of fused-ring (bicyclic) bond motifs is 1. The Balaban J connectivity index is 1.72. The standard InChI is InChI=1S/C17H19N5O2/c1-11(2)10-24-16-5-4-13(8-18-16)21-17(23)14-9-22-15(6-7-19-22)20-12(14)3/h4-9,11H,10H2,1-3H3,(H,21,23). The van der Waals surface area contributed by atoms with Gasteiger partial charge in [-0.1, -0.05) is 13.8 Å². The maximum absolute atomic E-state index is 12.4. The lowest BCUT2D eigenvalue weighted by atomic mass is 10.2. The second-order valence-electron chi connectivity index (χ2n) is 5.92. The average molecular weight is 325 g/mol. The molecule has 0 saturated carbocycles. The van der Waals surface area contributed by atoms with Crippen LogP contribution in [0.3, 0.4) is 0 Å². The molecule has 24 heavy (non-hydrogen) atoms. The molecule has 0 unspecified atom stereocenters. The molecule has 0 radical (unpaired) electrons. The molecule has 0 aliphatic rings. The molecule has 3 aromatic heterocycles. The fourth-order valence-electron chi connectivity index (χ4n) is 2.16. The minimum atomic E-state index is -0.255. The molecular weight excluding hydrogens is 306 g/mol. The van der Waals surface area contributed by atoms with E-state index in [1.165, 1.54) is 0 Å². The van der Waals surface area contributed by atoms with Crippen molar-refractivity contribution in [2.75, 3.05) is 11.9 Å². The van der Waals surface area contributed by atoms with E-state index in [4.69, 9.17) is 4.74 Å². The highest BCUT2D eigenvalue weighted by Gasteiger charge is 2.13. The van der Waals surface area contributed by atoms with Crippen molar-refractivity contribution in [1.82, 2.24) is 19.6 Å². The quantitative estimate of drug-likeness (QED) is 0.780. The van der Waals surface area contributed by atoms with Gasteiger partial charge in [0, 0.05) is 18.3 Å². The van der Waals surface area contributed by atoms with E-state index in [9.17, 15) is 4.79 Å². The SMILES string of the molecule is Cc1nc2ccnn2cc1C(=O)Nc1ccc(OCC(C)C)nc1. The lowest BCUT2D eigenvalue weighted by Gasteiger charge is -2.10. The predicted octanol–water partition coefficient (Wildman–Crippen LogP) is 2.72. The predicted molar refractivity (Wildman–Crippen MR) is 90.2 cm³/mol. The van der Waals surface area contributed by atoms with E-state index in [2.05, 4.69) is 34.2 Å². The molecule has 1 amide bonds. The Morgan fingerprint density at radius 1 is 1.33 bits per heavy atom. The number of hydrogen-bond acceptors (Lipinski definition) is 5. The van der Waals surface area contributed by atoms with Crippen LogP contribution in [-0.2, 0) is 0 Å². The molecule has 3 rings (SSSR count). The van der Waals surface area contributed by atoms with Crippen LogP contribution < -0.4 is 10.1 Å². The van der Waals surface area contributed by atoms with Gasteiger partial charge >= 0.3 is 0 Å². The zero-order valence-corrected chi connectivity index (χ0v) is 13.9. The molecule has 3 aromatic rings. The van der Waals surface area contributed by atoms with Crippen molar-refractivity contribution in [3.63, 3.8) is 0 Å². The van der Waals surface area contributed by atoms with Crippen molar-refractivity contribution in [3.8, 4) is 5.88 Å². The summed E-state index contributed by atoms with van der Waals surface area (Å²) in [6.07, 6.45) is 4.88. The minimum Gasteiger partial charge on any atom is -0.477 e. The van der Waals surface area contributed by atoms with Gasteiger partial charge in [-0.05, 0) is 18.9 Å². The number of rotatable bonds is 5. The van der Waals surface area contributed by atoms with Gasteiger partial charge < -0.3 is 10.1 Å². The third-order valence-corrected chi connectivity index (χ3v) is 3.38. The Morgan fingerprint density at radius 3 is 2.88 bits per heavy atom. The van der Waals surface area contributed by atoms with Crippen molar-refractivity contribution >= 4 is 17.2 Å². The largest absolute Gasteiger partial charge is 0.477 e. The second-order valence-corrected chi connectivity index (χ2v) is 5.92. The van der Waals surface area contributed by atoms with E-state index in [0.29, 0.717) is 41.0 Å². The van der Waals surface area contributed by atoms with E-state index in [-0.39, 0.29) is 5.91 Å². The third-order valence-electron chi connectivity index (χ3n) is 3.38. The van der Waals surface area contributed by atoms with Crippen molar-refractivity contribution in [3.05, 3.63) is 48.0 Å². The highest BCUT2D eigenvalue weighted by molar-refractivity contribution is 6.04. The summed E-state index contributed by atoms with van der Waals surface area (Å²) in [4.78, 5) is 21.0. The Hall–Kier alpha value is -2.96. The normalized spacial score (nSPS) is 11.0. The summed E-state index contributed by atoms with van der Waals surface area (Å²) in [7, 11) is 0. The summed E-state index contributed by atoms with van der Waals surface area (Å²) < 4.78 is 7.10. The molecular formula is C17H19N5O2. The first-order chi connectivity index (χ1) is 11.5. The molecule has 0 bridgehead atoms. The number of aryl methyl sites for hydroxylation is 1. The summed E-state index contributed by atoms with van der Waals surface area (Å²) in [6.45, 7) is 6.54. The Labute approximate surface area is 139 Å². The zero-order valence-electron chi connectivity index (χ0n) is 13.9. The number of carbonyl (C=O) groups excluding carboxylic acids is 1. The van der Waals surface area contributed by atoms with Crippen LogP contribution in [0.4, 0.5) is 5.69 Å². The van der Waals surface area contributed by atoms with Crippen molar-refractivity contribution in [2.24, 2.45) is 5.92 Å². The molecule has 124 valence electrons. The summed E-state index contributed by atoms with van der Waals surface area (Å²) >= 11 is 0. The highest BCUT2D eigenvalue weighted by atomic mass is 16.5. The van der Waals surface area contributed by atoms with E-state index in [1.54, 1.807) is 48.2 Å². The van der Waals surface area contributed by atoms with Crippen LogP contribution in [0.25, 0.3) is 5.65 Å². The van der Waals surface area contributed by atoms with Gasteiger partial charge in [0.15, 0.2) is 5.65 Å². The molecule has 0 fully saturated rings. The van der Waals surface area contributed by atoms with E-state index < -0.39 is 0 Å². The first-order valence-electron chi connectivity index (χ1n) is 7.74. The number of anilines is 1. The molecule has 0 aliphatic carbocycles. The third kappa shape index (κ3) is 3.51. The number of aromatic nitrogens is 4. The minimum absolute atomic E-state index is 0.255. The van der Waals surface area contributed by atoms with Crippen molar-refractivity contribution in [2.45, 2.75) is 20.8 Å². The van der Waals surface area contributed by atoms with E-state index in [0.717, 1.165) is 0 Å². The Morgan fingerprint density at radius 2 is 2.17 bits per heavy atom. The lowest BCUT2D eigenvalue weighted by Crippen LogP contribution is -2.15. The lowest BCUT2D eigenvalue weighted by molar-refractivity contribution is 0.102. The van der Waals surface area contributed by atoms with Gasteiger partial charge in [0.05, 0.1) is 35.9 Å². The molecule has 1 N–H and O–H groups in total. The molecule has 7 heteroatoms. The van der Waals surface area contributed by atoms with Gasteiger partial charge in [0.25, 0.3) is 5.91 Å². The van der Waals surface area contributed by atoms with Gasteiger partial charge in [-0.25, -0.2) is 14.5 Å². The summed E-state index contributed by atoms with van der Waals surface area (Å²) in [5.74, 6) is 0.714. The second kappa shape index (κ2) is 6.66. The van der Waals surface area contributed by atoms with Crippen LogP contribution in [0.1, 0.15) is 29.9 Å². The van der Waals surface area contributed by atoms with Crippen LogP contribution >= 0.6 is 0 Å². The number of ether oxygens (including phenoxy) is 1. The first kappa shape index (κ1) is 15.9.